The maximum atomic E-state index is 14.6. The molecule has 0 saturated heterocycles. The summed E-state index contributed by atoms with van der Waals surface area (Å²) in [5.41, 5.74) is 7.28. The number of nitrogens with one attached hydrogen (secondary N) is 1. The summed E-state index contributed by atoms with van der Waals surface area (Å²) in [4.78, 5) is 11.8. The van der Waals surface area contributed by atoms with E-state index in [2.05, 4.69) is 52.8 Å². The Labute approximate surface area is 190 Å². The molecular formula is C23H30F2N6S. The molecule has 0 saturated carbocycles. The molecule has 2 heterocycles. The number of rotatable bonds is 5. The van der Waals surface area contributed by atoms with Crippen molar-refractivity contribution in [2.24, 2.45) is 17.8 Å². The number of aliphatic imine (C=N–C) groups is 1. The normalized spacial score (nSPS) is 14.1. The molecule has 0 aliphatic heterocycles. The van der Waals surface area contributed by atoms with E-state index < -0.39 is 17.6 Å². The van der Waals surface area contributed by atoms with E-state index in [1.54, 1.807) is 10.9 Å². The number of allylic oxidation sites excluding steroid dienone is 2. The predicted molar refractivity (Wildman–Crippen MR) is 131 cm³/mol. The molecule has 0 fully saturated rings. The summed E-state index contributed by atoms with van der Waals surface area (Å²) in [7, 11) is 1.56. The molecule has 2 aromatic rings. The lowest BCUT2D eigenvalue weighted by atomic mass is 10.2. The van der Waals surface area contributed by atoms with Crippen molar-refractivity contribution < 1.29 is 8.78 Å². The molecule has 32 heavy (non-hydrogen) atoms. The molecule has 0 radical (unpaired) electrons. The van der Waals surface area contributed by atoms with Crippen LogP contribution in [0.1, 0.15) is 40.3 Å². The topological polar surface area (TPSA) is 84.9 Å². The highest BCUT2D eigenvalue weighted by molar-refractivity contribution is 8.16. The van der Waals surface area contributed by atoms with Gasteiger partial charge in [0.05, 0.1) is 17.6 Å². The van der Waals surface area contributed by atoms with Crippen molar-refractivity contribution in [1.29, 1.82) is 0 Å². The molecule has 172 valence electrons. The van der Waals surface area contributed by atoms with Gasteiger partial charge in [-0.3, -0.25) is 9.67 Å². The molecule has 0 aliphatic rings. The molecule has 1 atom stereocenters. The summed E-state index contributed by atoms with van der Waals surface area (Å²) in [6.45, 7) is 13.3. The molecular weight excluding hydrogens is 430 g/mol. The molecule has 0 amide bonds. The van der Waals surface area contributed by atoms with E-state index in [0.29, 0.717) is 0 Å². The first-order chi connectivity index (χ1) is 15.0. The molecule has 0 aromatic carbocycles. The van der Waals surface area contributed by atoms with E-state index in [0.717, 1.165) is 23.1 Å². The van der Waals surface area contributed by atoms with E-state index >= 15 is 0 Å². The highest BCUT2D eigenvalue weighted by Gasteiger charge is 2.20. The minimum absolute atomic E-state index is 0.0766. The molecule has 2 aromatic heterocycles. The summed E-state index contributed by atoms with van der Waals surface area (Å²) in [5, 5.41) is 6.71. The van der Waals surface area contributed by atoms with Crippen LogP contribution < -0.4 is 5.73 Å². The first-order valence-electron chi connectivity index (χ1n) is 9.94. The van der Waals surface area contributed by atoms with E-state index in [9.17, 15) is 8.78 Å². The first kappa shape index (κ1) is 25.2. The minimum Gasteiger partial charge on any atom is -0.381 e. The SMILES string of the molecule is C=C(/C(F)=N\C(N)=C(/C)F)c1cnccc(-c2ccn(C)n2)c(/S(=C/C)C(C)(C)C)c[nH]1. The fourth-order valence-electron chi connectivity index (χ4n) is 2.86. The van der Waals surface area contributed by atoms with Gasteiger partial charge in [-0.25, -0.2) is 4.39 Å². The van der Waals surface area contributed by atoms with Crippen molar-refractivity contribution in [3.63, 3.8) is 0 Å². The molecule has 1 unspecified atom stereocenters. The second-order valence-corrected chi connectivity index (χ2v) is 10.7. The number of aromatic amines is 1. The number of hydrogen-bond donors (Lipinski definition) is 2. The Kier molecular flexibility index (Phi) is 8.26. The Hall–Kier alpha value is -3.07. The van der Waals surface area contributed by atoms with Gasteiger partial charge in [0.1, 0.15) is 5.83 Å². The number of H-pyrrole nitrogens is 1. The van der Waals surface area contributed by atoms with Crippen LogP contribution in [0.5, 0.6) is 0 Å². The number of aryl methyl sites for hydroxylation is 1. The first-order valence-corrected chi connectivity index (χ1v) is 11.2. The molecule has 0 spiro atoms. The highest BCUT2D eigenvalue weighted by Crippen LogP contribution is 2.43. The minimum atomic E-state index is -1.00. The van der Waals surface area contributed by atoms with Gasteiger partial charge in [0.2, 0.25) is 5.97 Å². The fraction of sp³-hybridized carbons (Fsp3) is 0.304. The van der Waals surface area contributed by atoms with Crippen LogP contribution in [0.15, 0.2) is 65.0 Å². The Morgan fingerprint density at radius 2 is 2.00 bits per heavy atom. The van der Waals surface area contributed by atoms with Crippen molar-refractivity contribution in [2.75, 3.05) is 0 Å². The maximum absolute atomic E-state index is 14.6. The van der Waals surface area contributed by atoms with Gasteiger partial charge >= 0.3 is 0 Å². The van der Waals surface area contributed by atoms with Gasteiger partial charge < -0.3 is 10.7 Å². The number of nitrogens with zero attached hydrogens (tertiary/aromatic N) is 4. The van der Waals surface area contributed by atoms with Gasteiger partial charge in [-0.15, -0.1) is 0 Å². The van der Waals surface area contributed by atoms with Crippen LogP contribution in [0.3, 0.4) is 0 Å². The highest BCUT2D eigenvalue weighted by atomic mass is 32.2. The molecule has 2 rings (SSSR count). The molecule has 3 N–H and O–H groups in total. The number of halogens is 2. The predicted octanol–water partition coefficient (Wildman–Crippen LogP) is 5.68. The number of aromatic nitrogens is 4. The van der Waals surface area contributed by atoms with Crippen LogP contribution in [0.4, 0.5) is 8.78 Å². The van der Waals surface area contributed by atoms with Crippen LogP contribution in [-0.4, -0.2) is 35.8 Å². The third-order valence-corrected chi connectivity index (χ3v) is 7.03. The third kappa shape index (κ3) is 6.23. The fourth-order valence-corrected chi connectivity index (χ4v) is 5.08. The van der Waals surface area contributed by atoms with Crippen molar-refractivity contribution >= 4 is 27.4 Å². The molecule has 0 bridgehead atoms. The van der Waals surface area contributed by atoms with E-state index in [1.807, 2.05) is 38.5 Å². The maximum Gasteiger partial charge on any atom is 0.223 e. The summed E-state index contributed by atoms with van der Waals surface area (Å²) < 4.78 is 29.4. The van der Waals surface area contributed by atoms with Gasteiger partial charge in [-0.2, -0.15) is 25.0 Å². The molecule has 9 heteroatoms. The summed E-state index contributed by atoms with van der Waals surface area (Å²) >= 11 is 0. The molecule has 6 nitrogen and oxygen atoms in total. The smallest absolute Gasteiger partial charge is 0.223 e. The van der Waals surface area contributed by atoms with Crippen molar-refractivity contribution in [2.45, 2.75) is 44.3 Å². The largest absolute Gasteiger partial charge is 0.381 e. The van der Waals surface area contributed by atoms with Gasteiger partial charge in [0.25, 0.3) is 0 Å². The number of hydrogen-bond acceptors (Lipinski definition) is 4. The van der Waals surface area contributed by atoms with Crippen LogP contribution in [0, 0.1) is 0 Å². The average molecular weight is 461 g/mol. The van der Waals surface area contributed by atoms with Crippen molar-refractivity contribution in [1.82, 2.24) is 19.7 Å². The summed E-state index contributed by atoms with van der Waals surface area (Å²) in [6, 6.07) is 3.81. The van der Waals surface area contributed by atoms with E-state index in [-0.39, 0.29) is 26.5 Å². The summed E-state index contributed by atoms with van der Waals surface area (Å²) in [5.74, 6) is -2.32. The van der Waals surface area contributed by atoms with E-state index in [4.69, 9.17) is 5.73 Å². The van der Waals surface area contributed by atoms with Crippen LogP contribution >= 0.6 is 10.5 Å². The lowest BCUT2D eigenvalue weighted by molar-refractivity contribution is 0.622. The summed E-state index contributed by atoms with van der Waals surface area (Å²) in [6.07, 6.45) is 6.73. The zero-order chi connectivity index (χ0) is 24.1. The van der Waals surface area contributed by atoms with Gasteiger partial charge in [-0.1, -0.05) is 32.7 Å². The van der Waals surface area contributed by atoms with Crippen molar-refractivity contribution in [3.05, 3.63) is 60.8 Å². The second-order valence-electron chi connectivity index (χ2n) is 7.93. The third-order valence-electron chi connectivity index (χ3n) is 4.42. The Morgan fingerprint density at radius 3 is 2.53 bits per heavy atom. The van der Waals surface area contributed by atoms with Crippen LogP contribution in [-0.2, 0) is 7.05 Å². The Bertz CT molecular complexity index is 1140. The Balaban J connectivity index is 2.78. The zero-order valence-corrected chi connectivity index (χ0v) is 20.1. The zero-order valence-electron chi connectivity index (χ0n) is 19.3. The quantitative estimate of drug-likeness (QED) is 0.445. The van der Waals surface area contributed by atoms with Gasteiger partial charge in [0.15, 0.2) is 5.82 Å². The Morgan fingerprint density at radius 1 is 1.31 bits per heavy atom. The van der Waals surface area contributed by atoms with E-state index in [1.165, 1.54) is 6.20 Å². The van der Waals surface area contributed by atoms with Crippen molar-refractivity contribution in [3.8, 4) is 11.3 Å². The standard InChI is InChI=1S/C23H30F2N6S/c1-8-32(23(4,5)6)20-14-28-19(15(2)21(25)29-22(26)16(3)24)13-27-11-9-17(20)18-10-12-31(7)30-18/h8-14,28H,2,26H2,1,3-7H3/b17-9?,19-13?,20-14?,22-16+,27-11?,29-21+. The lowest BCUT2D eigenvalue weighted by Crippen LogP contribution is -2.11. The van der Waals surface area contributed by atoms with Crippen LogP contribution in [0.25, 0.3) is 16.8 Å². The van der Waals surface area contributed by atoms with Gasteiger partial charge in [-0.05, 0) is 26.0 Å². The second kappa shape index (κ2) is 10.5. The molecule has 0 aliphatic carbocycles. The van der Waals surface area contributed by atoms with Gasteiger partial charge in [0, 0.05) is 46.4 Å². The number of nitrogens with two attached hydrogens (primary N) is 1. The van der Waals surface area contributed by atoms with Crippen LogP contribution in [0.2, 0.25) is 0 Å². The monoisotopic (exact) mass is 460 g/mol. The average Bonchev–Trinajstić information content (AvgIpc) is 3.16. The lowest BCUT2D eigenvalue weighted by Gasteiger charge is -2.25.